The zero-order valence-electron chi connectivity index (χ0n) is 11.6. The van der Waals surface area contributed by atoms with Crippen molar-refractivity contribution in [3.8, 4) is 0 Å². The van der Waals surface area contributed by atoms with E-state index < -0.39 is 5.97 Å². The van der Waals surface area contributed by atoms with E-state index in [4.69, 9.17) is 0 Å². The minimum atomic E-state index is -0.571. The van der Waals surface area contributed by atoms with Crippen molar-refractivity contribution in [2.24, 2.45) is 41.4 Å². The minimum Gasteiger partial charge on any atom is -0.481 e. The molecular formula is C16H26O2. The standard InChI is InChI=1S/C16H26O2/c1-9(2)14(16(17)18)8-15-12-4-10-3-11(6-12)7-13(15)5-10/h9-15H,3-8H2,1-2H3,(H,17,18). The third kappa shape index (κ3) is 2.08. The van der Waals surface area contributed by atoms with Gasteiger partial charge in [-0.3, -0.25) is 4.79 Å². The lowest BCUT2D eigenvalue weighted by atomic mass is 9.50. The summed E-state index contributed by atoms with van der Waals surface area (Å²) < 4.78 is 0. The average Bonchev–Trinajstić information content (AvgIpc) is 2.25. The highest BCUT2D eigenvalue weighted by Crippen LogP contribution is 2.58. The molecule has 2 nitrogen and oxygen atoms in total. The van der Waals surface area contributed by atoms with Crippen LogP contribution < -0.4 is 0 Å². The Morgan fingerprint density at radius 1 is 1.06 bits per heavy atom. The van der Waals surface area contributed by atoms with Crippen LogP contribution in [0.1, 0.15) is 52.4 Å². The third-order valence-corrected chi connectivity index (χ3v) is 6.07. The summed E-state index contributed by atoms with van der Waals surface area (Å²) in [5.41, 5.74) is 0. The second-order valence-corrected chi connectivity index (χ2v) is 7.52. The Bertz CT molecular complexity index is 306. The molecule has 4 bridgehead atoms. The molecule has 0 aromatic rings. The van der Waals surface area contributed by atoms with E-state index in [1.807, 2.05) is 0 Å². The maximum atomic E-state index is 11.4. The Morgan fingerprint density at radius 2 is 1.56 bits per heavy atom. The molecule has 0 aromatic heterocycles. The predicted octanol–water partition coefficient (Wildman–Crippen LogP) is 3.81. The van der Waals surface area contributed by atoms with Crippen molar-refractivity contribution in [3.05, 3.63) is 0 Å². The molecule has 1 atom stereocenters. The quantitative estimate of drug-likeness (QED) is 0.824. The molecule has 0 aliphatic heterocycles. The Balaban J connectivity index is 1.71. The van der Waals surface area contributed by atoms with Gasteiger partial charge in [-0.1, -0.05) is 13.8 Å². The van der Waals surface area contributed by atoms with Crippen LogP contribution in [-0.2, 0) is 4.79 Å². The molecular weight excluding hydrogens is 224 g/mol. The van der Waals surface area contributed by atoms with E-state index in [2.05, 4.69) is 13.8 Å². The molecule has 4 aliphatic carbocycles. The summed E-state index contributed by atoms with van der Waals surface area (Å²) in [6.07, 6.45) is 8.04. The van der Waals surface area contributed by atoms with Crippen molar-refractivity contribution in [1.29, 1.82) is 0 Å². The second-order valence-electron chi connectivity index (χ2n) is 7.52. The van der Waals surface area contributed by atoms with Gasteiger partial charge in [0.2, 0.25) is 0 Å². The lowest BCUT2D eigenvalue weighted by Gasteiger charge is -2.55. The lowest BCUT2D eigenvalue weighted by molar-refractivity contribution is -0.145. The predicted molar refractivity (Wildman–Crippen MR) is 71.1 cm³/mol. The van der Waals surface area contributed by atoms with Crippen LogP contribution in [0.5, 0.6) is 0 Å². The first-order valence-corrected chi connectivity index (χ1v) is 7.77. The van der Waals surface area contributed by atoms with Gasteiger partial charge in [-0.05, 0) is 74.0 Å². The zero-order chi connectivity index (χ0) is 12.9. The highest BCUT2D eigenvalue weighted by molar-refractivity contribution is 5.70. The van der Waals surface area contributed by atoms with Gasteiger partial charge in [0.25, 0.3) is 0 Å². The molecule has 4 saturated carbocycles. The highest BCUT2D eigenvalue weighted by Gasteiger charge is 2.48. The molecule has 0 amide bonds. The molecule has 0 radical (unpaired) electrons. The van der Waals surface area contributed by atoms with E-state index in [1.165, 1.54) is 32.1 Å². The van der Waals surface area contributed by atoms with Crippen molar-refractivity contribution in [2.75, 3.05) is 0 Å². The molecule has 0 spiro atoms. The number of hydrogen-bond donors (Lipinski definition) is 1. The molecule has 0 heterocycles. The number of carbonyl (C=O) groups is 1. The van der Waals surface area contributed by atoms with Gasteiger partial charge in [-0.2, -0.15) is 0 Å². The highest BCUT2D eigenvalue weighted by atomic mass is 16.4. The van der Waals surface area contributed by atoms with Crippen molar-refractivity contribution in [3.63, 3.8) is 0 Å². The zero-order valence-corrected chi connectivity index (χ0v) is 11.6. The molecule has 4 aliphatic rings. The summed E-state index contributed by atoms with van der Waals surface area (Å²) in [6.45, 7) is 4.13. The number of carboxylic acid groups (broad SMARTS) is 1. The van der Waals surface area contributed by atoms with Crippen molar-refractivity contribution in [1.82, 2.24) is 0 Å². The molecule has 4 rings (SSSR count). The molecule has 4 fully saturated rings. The van der Waals surface area contributed by atoms with Crippen molar-refractivity contribution in [2.45, 2.75) is 52.4 Å². The van der Waals surface area contributed by atoms with Crippen LogP contribution in [0.3, 0.4) is 0 Å². The molecule has 1 unspecified atom stereocenters. The van der Waals surface area contributed by atoms with E-state index >= 15 is 0 Å². The van der Waals surface area contributed by atoms with E-state index in [-0.39, 0.29) is 11.8 Å². The van der Waals surface area contributed by atoms with E-state index in [1.54, 1.807) is 0 Å². The van der Waals surface area contributed by atoms with Crippen molar-refractivity contribution < 1.29 is 9.90 Å². The summed E-state index contributed by atoms with van der Waals surface area (Å²) in [6, 6.07) is 0. The van der Waals surface area contributed by atoms with Gasteiger partial charge < -0.3 is 5.11 Å². The Hall–Kier alpha value is -0.530. The monoisotopic (exact) mass is 250 g/mol. The summed E-state index contributed by atoms with van der Waals surface area (Å²) >= 11 is 0. The molecule has 0 aromatic carbocycles. The maximum absolute atomic E-state index is 11.4. The fourth-order valence-corrected chi connectivity index (χ4v) is 5.37. The second kappa shape index (κ2) is 4.54. The van der Waals surface area contributed by atoms with Crippen LogP contribution in [0.2, 0.25) is 0 Å². The number of carboxylic acids is 1. The van der Waals surface area contributed by atoms with E-state index in [9.17, 15) is 9.90 Å². The van der Waals surface area contributed by atoms with Gasteiger partial charge >= 0.3 is 5.97 Å². The van der Waals surface area contributed by atoms with Crippen LogP contribution in [0.4, 0.5) is 0 Å². The fraction of sp³-hybridized carbons (Fsp3) is 0.938. The first kappa shape index (κ1) is 12.5. The average molecular weight is 250 g/mol. The SMILES string of the molecule is CC(C)C(CC1C2CC3CC(C2)CC1C3)C(=O)O. The minimum absolute atomic E-state index is 0.118. The number of aliphatic carboxylic acids is 1. The van der Waals surface area contributed by atoms with Gasteiger partial charge in [0, 0.05) is 0 Å². The van der Waals surface area contributed by atoms with E-state index in [0.29, 0.717) is 0 Å². The first-order chi connectivity index (χ1) is 8.54. The van der Waals surface area contributed by atoms with Crippen LogP contribution >= 0.6 is 0 Å². The van der Waals surface area contributed by atoms with Crippen molar-refractivity contribution >= 4 is 5.97 Å². The van der Waals surface area contributed by atoms with Gasteiger partial charge in [0.15, 0.2) is 0 Å². The van der Waals surface area contributed by atoms with Gasteiger partial charge in [-0.25, -0.2) is 0 Å². The van der Waals surface area contributed by atoms with Crippen LogP contribution in [0.15, 0.2) is 0 Å². The summed E-state index contributed by atoms with van der Waals surface area (Å²) in [5, 5.41) is 9.40. The van der Waals surface area contributed by atoms with Crippen LogP contribution in [0.25, 0.3) is 0 Å². The Morgan fingerprint density at radius 3 is 1.94 bits per heavy atom. The van der Waals surface area contributed by atoms with E-state index in [0.717, 1.165) is 36.0 Å². The Labute approximate surface area is 110 Å². The Kier molecular flexibility index (Phi) is 3.15. The normalized spacial score (nSPS) is 43.4. The lowest BCUT2D eigenvalue weighted by Crippen LogP contribution is -2.46. The summed E-state index contributed by atoms with van der Waals surface area (Å²) in [5.74, 6) is 4.02. The molecule has 1 N–H and O–H groups in total. The molecule has 102 valence electrons. The smallest absolute Gasteiger partial charge is 0.306 e. The molecule has 2 heteroatoms. The maximum Gasteiger partial charge on any atom is 0.306 e. The third-order valence-electron chi connectivity index (χ3n) is 6.07. The largest absolute Gasteiger partial charge is 0.481 e. The fourth-order valence-electron chi connectivity index (χ4n) is 5.37. The summed E-state index contributed by atoms with van der Waals surface area (Å²) in [4.78, 5) is 11.4. The van der Waals surface area contributed by atoms with Gasteiger partial charge in [-0.15, -0.1) is 0 Å². The van der Waals surface area contributed by atoms with Crippen LogP contribution in [0, 0.1) is 41.4 Å². The number of hydrogen-bond acceptors (Lipinski definition) is 1. The van der Waals surface area contributed by atoms with Gasteiger partial charge in [0.05, 0.1) is 5.92 Å². The topological polar surface area (TPSA) is 37.3 Å². The molecule has 18 heavy (non-hydrogen) atoms. The summed E-state index contributed by atoms with van der Waals surface area (Å²) in [7, 11) is 0. The van der Waals surface area contributed by atoms with Crippen LogP contribution in [-0.4, -0.2) is 11.1 Å². The first-order valence-electron chi connectivity index (χ1n) is 7.77. The molecule has 0 saturated heterocycles. The van der Waals surface area contributed by atoms with Gasteiger partial charge in [0.1, 0.15) is 0 Å². The number of rotatable bonds is 4.